The maximum Gasteiger partial charge on any atom is 0.238 e. The summed E-state index contributed by atoms with van der Waals surface area (Å²) in [5.41, 5.74) is 8.84. The molecule has 0 radical (unpaired) electrons. The third kappa shape index (κ3) is 5.08. The van der Waals surface area contributed by atoms with E-state index in [1.54, 1.807) is 4.68 Å². The van der Waals surface area contributed by atoms with Crippen molar-refractivity contribution in [3.8, 4) is 0 Å². The number of aryl methyl sites for hydroxylation is 2. The molecule has 1 aromatic heterocycles. The van der Waals surface area contributed by atoms with Gasteiger partial charge in [0.25, 0.3) is 0 Å². The van der Waals surface area contributed by atoms with Gasteiger partial charge < -0.3 is 11.1 Å². The van der Waals surface area contributed by atoms with Crippen LogP contribution < -0.4 is 11.1 Å². The quantitative estimate of drug-likeness (QED) is 0.857. The molecule has 0 aromatic carbocycles. The SMILES string of the molecule is Cc1nn(C)c(C)c1NC(=O)CN1CCC(N)C(C)(C)C1.Cl.Cl. The minimum atomic E-state index is 0. The standard InChI is InChI=1S/C15H27N5O.2ClH/c1-10-14(11(2)19(5)18-10)17-13(21)8-20-7-6-12(16)15(3,4)9-20;;/h12H,6-9,16H2,1-5H3,(H,17,21);2*1H. The number of amides is 1. The Morgan fingerprint density at radius 1 is 1.39 bits per heavy atom. The highest BCUT2D eigenvalue weighted by atomic mass is 35.5. The summed E-state index contributed by atoms with van der Waals surface area (Å²) in [7, 11) is 1.88. The van der Waals surface area contributed by atoms with Crippen LogP contribution in [-0.4, -0.2) is 46.3 Å². The number of anilines is 1. The summed E-state index contributed by atoms with van der Waals surface area (Å²) >= 11 is 0. The molecule has 2 rings (SSSR count). The third-order valence-corrected chi connectivity index (χ3v) is 4.53. The number of likely N-dealkylation sites (tertiary alicyclic amines) is 1. The van der Waals surface area contributed by atoms with E-state index in [-0.39, 0.29) is 42.2 Å². The van der Waals surface area contributed by atoms with Gasteiger partial charge in [-0.15, -0.1) is 24.8 Å². The normalized spacial score (nSPS) is 20.3. The monoisotopic (exact) mass is 365 g/mol. The van der Waals surface area contributed by atoms with Crippen molar-refractivity contribution in [1.29, 1.82) is 0 Å². The van der Waals surface area contributed by atoms with Gasteiger partial charge in [-0.2, -0.15) is 5.10 Å². The van der Waals surface area contributed by atoms with Crippen LogP contribution in [-0.2, 0) is 11.8 Å². The molecule has 0 spiro atoms. The first-order valence-electron chi connectivity index (χ1n) is 7.48. The zero-order chi connectivity index (χ0) is 15.8. The van der Waals surface area contributed by atoms with E-state index < -0.39 is 0 Å². The summed E-state index contributed by atoms with van der Waals surface area (Å²) in [5.74, 6) is 0.0143. The average molecular weight is 366 g/mol. The average Bonchev–Trinajstić information content (AvgIpc) is 2.60. The molecule has 1 aromatic rings. The predicted octanol–water partition coefficient (Wildman–Crippen LogP) is 1.88. The number of nitrogens with zero attached hydrogens (tertiary/aromatic N) is 3. The molecule has 0 saturated carbocycles. The van der Waals surface area contributed by atoms with E-state index in [1.165, 1.54) is 0 Å². The summed E-state index contributed by atoms with van der Waals surface area (Å²) in [6, 6.07) is 0.208. The molecule has 6 nitrogen and oxygen atoms in total. The fourth-order valence-corrected chi connectivity index (χ4v) is 2.96. The van der Waals surface area contributed by atoms with Crippen molar-refractivity contribution in [2.45, 2.75) is 40.2 Å². The van der Waals surface area contributed by atoms with Gasteiger partial charge in [0.2, 0.25) is 5.91 Å². The van der Waals surface area contributed by atoms with Crippen LogP contribution in [0.2, 0.25) is 0 Å². The van der Waals surface area contributed by atoms with Gasteiger partial charge in [0.05, 0.1) is 23.6 Å². The summed E-state index contributed by atoms with van der Waals surface area (Å²) in [4.78, 5) is 14.4. The summed E-state index contributed by atoms with van der Waals surface area (Å²) in [5, 5.41) is 7.31. The molecule has 2 heterocycles. The molecule has 0 bridgehead atoms. The van der Waals surface area contributed by atoms with E-state index in [4.69, 9.17) is 5.73 Å². The van der Waals surface area contributed by atoms with Crippen LogP contribution in [0.15, 0.2) is 0 Å². The number of nitrogens with one attached hydrogen (secondary N) is 1. The maximum atomic E-state index is 12.3. The molecule has 0 aliphatic carbocycles. The largest absolute Gasteiger partial charge is 0.327 e. The Balaban J connectivity index is 0.00000242. The molecule has 8 heteroatoms. The second-order valence-corrected chi connectivity index (χ2v) is 6.81. The number of nitrogens with two attached hydrogens (primary N) is 1. The minimum Gasteiger partial charge on any atom is -0.327 e. The Kier molecular flexibility index (Phi) is 8.03. The molecule has 1 fully saturated rings. The predicted molar refractivity (Wildman–Crippen MR) is 98.6 cm³/mol. The van der Waals surface area contributed by atoms with E-state index >= 15 is 0 Å². The number of piperidine rings is 1. The van der Waals surface area contributed by atoms with Crippen LogP contribution in [0.25, 0.3) is 0 Å². The molecule has 3 N–H and O–H groups in total. The minimum absolute atomic E-state index is 0. The van der Waals surface area contributed by atoms with Crippen LogP contribution in [0.1, 0.15) is 31.7 Å². The Morgan fingerprint density at radius 3 is 2.48 bits per heavy atom. The Bertz CT molecular complexity index is 544. The number of carbonyl (C=O) groups is 1. The van der Waals surface area contributed by atoms with Crippen molar-refractivity contribution in [3.63, 3.8) is 0 Å². The molecule has 1 aliphatic heterocycles. The maximum absolute atomic E-state index is 12.3. The molecular weight excluding hydrogens is 337 g/mol. The number of halogens is 2. The molecule has 1 amide bonds. The van der Waals surface area contributed by atoms with Crippen LogP contribution in [0.3, 0.4) is 0 Å². The lowest BCUT2D eigenvalue weighted by Crippen LogP contribution is -2.53. The highest BCUT2D eigenvalue weighted by Gasteiger charge is 2.34. The van der Waals surface area contributed by atoms with Gasteiger partial charge in [0.1, 0.15) is 0 Å². The van der Waals surface area contributed by atoms with Crippen molar-refractivity contribution in [1.82, 2.24) is 14.7 Å². The lowest BCUT2D eigenvalue weighted by atomic mass is 9.80. The van der Waals surface area contributed by atoms with Gasteiger partial charge >= 0.3 is 0 Å². The molecule has 1 atom stereocenters. The molecule has 1 aliphatic rings. The Hall–Kier alpha value is -0.820. The number of hydrogen-bond donors (Lipinski definition) is 2. The van der Waals surface area contributed by atoms with Crippen molar-refractivity contribution in [3.05, 3.63) is 11.4 Å². The lowest BCUT2D eigenvalue weighted by Gasteiger charge is -2.42. The van der Waals surface area contributed by atoms with Gasteiger partial charge in [0.15, 0.2) is 0 Å². The third-order valence-electron chi connectivity index (χ3n) is 4.53. The lowest BCUT2D eigenvalue weighted by molar-refractivity contribution is -0.118. The highest BCUT2D eigenvalue weighted by Crippen LogP contribution is 2.27. The first-order valence-corrected chi connectivity index (χ1v) is 7.48. The van der Waals surface area contributed by atoms with Gasteiger partial charge in [0, 0.05) is 26.2 Å². The van der Waals surface area contributed by atoms with E-state index in [0.717, 1.165) is 36.6 Å². The summed E-state index contributed by atoms with van der Waals surface area (Å²) in [6.45, 7) is 10.3. The van der Waals surface area contributed by atoms with Gasteiger partial charge in [-0.05, 0) is 25.7 Å². The fourth-order valence-electron chi connectivity index (χ4n) is 2.96. The molecule has 23 heavy (non-hydrogen) atoms. The smallest absolute Gasteiger partial charge is 0.238 e. The summed E-state index contributed by atoms with van der Waals surface area (Å²) in [6.07, 6.45) is 0.936. The zero-order valence-electron chi connectivity index (χ0n) is 14.5. The highest BCUT2D eigenvalue weighted by molar-refractivity contribution is 5.93. The second-order valence-electron chi connectivity index (χ2n) is 6.81. The Labute approximate surface area is 151 Å². The van der Waals surface area contributed by atoms with Gasteiger partial charge in [-0.3, -0.25) is 14.4 Å². The Morgan fingerprint density at radius 2 is 2.00 bits per heavy atom. The first kappa shape index (κ1) is 22.2. The molecule has 1 saturated heterocycles. The summed E-state index contributed by atoms with van der Waals surface area (Å²) < 4.78 is 1.79. The molecule has 134 valence electrons. The molecular formula is C15H29Cl2N5O. The van der Waals surface area contributed by atoms with Crippen molar-refractivity contribution in [2.75, 3.05) is 25.0 Å². The van der Waals surface area contributed by atoms with Crippen molar-refractivity contribution in [2.24, 2.45) is 18.2 Å². The molecule has 1 unspecified atom stereocenters. The van der Waals surface area contributed by atoms with E-state index in [2.05, 4.69) is 29.2 Å². The number of aromatic nitrogens is 2. The number of carbonyl (C=O) groups excluding carboxylic acids is 1. The van der Waals surface area contributed by atoms with Crippen LogP contribution >= 0.6 is 24.8 Å². The van der Waals surface area contributed by atoms with Crippen molar-refractivity contribution < 1.29 is 4.79 Å². The van der Waals surface area contributed by atoms with Crippen molar-refractivity contribution >= 4 is 36.4 Å². The van der Waals surface area contributed by atoms with Gasteiger partial charge in [-0.25, -0.2) is 0 Å². The van der Waals surface area contributed by atoms with E-state index in [1.807, 2.05) is 20.9 Å². The van der Waals surface area contributed by atoms with Crippen LogP contribution in [0.4, 0.5) is 5.69 Å². The zero-order valence-corrected chi connectivity index (χ0v) is 16.2. The van der Waals surface area contributed by atoms with E-state index in [0.29, 0.717) is 6.54 Å². The number of hydrogen-bond acceptors (Lipinski definition) is 4. The topological polar surface area (TPSA) is 76.2 Å². The van der Waals surface area contributed by atoms with Crippen LogP contribution in [0.5, 0.6) is 0 Å². The van der Waals surface area contributed by atoms with E-state index in [9.17, 15) is 4.79 Å². The van der Waals surface area contributed by atoms with Gasteiger partial charge in [-0.1, -0.05) is 13.8 Å². The first-order chi connectivity index (χ1) is 9.70. The number of rotatable bonds is 3. The second kappa shape index (κ2) is 8.33. The fraction of sp³-hybridized carbons (Fsp3) is 0.733. The van der Waals surface area contributed by atoms with Crippen LogP contribution in [0, 0.1) is 19.3 Å².